The second-order valence-electron chi connectivity index (χ2n) is 4.41. The van der Waals surface area contributed by atoms with Gasteiger partial charge in [-0.2, -0.15) is 0 Å². The number of hydrogen-bond acceptors (Lipinski definition) is 3. The molecule has 0 saturated heterocycles. The number of ketones is 1. The summed E-state index contributed by atoms with van der Waals surface area (Å²) in [7, 11) is 3.10. The van der Waals surface area contributed by atoms with Gasteiger partial charge in [0.2, 0.25) is 0 Å². The second kappa shape index (κ2) is 6.96. The van der Waals surface area contributed by atoms with Crippen LogP contribution < -0.4 is 9.47 Å². The largest absolute Gasteiger partial charge is 0.493 e. The van der Waals surface area contributed by atoms with Crippen LogP contribution in [-0.2, 0) is 6.42 Å². The Bertz CT molecular complexity index is 671. The molecular weight excluding hydrogens is 356 g/mol. The highest BCUT2D eigenvalue weighted by Crippen LogP contribution is 2.29. The van der Waals surface area contributed by atoms with E-state index in [4.69, 9.17) is 21.1 Å². The molecule has 21 heavy (non-hydrogen) atoms. The first-order chi connectivity index (χ1) is 10.0. The number of halogens is 2. The Hall–Kier alpha value is -1.52. The van der Waals surface area contributed by atoms with Crippen LogP contribution in [0.5, 0.6) is 11.5 Å². The molecule has 0 amide bonds. The molecule has 2 rings (SSSR count). The van der Waals surface area contributed by atoms with Crippen LogP contribution in [0, 0.1) is 0 Å². The van der Waals surface area contributed by atoms with Crippen LogP contribution in [0.15, 0.2) is 40.9 Å². The topological polar surface area (TPSA) is 35.5 Å². The fourth-order valence-corrected chi connectivity index (χ4v) is 2.69. The van der Waals surface area contributed by atoms with Gasteiger partial charge < -0.3 is 9.47 Å². The molecular formula is C16H14BrClO3. The summed E-state index contributed by atoms with van der Waals surface area (Å²) in [5.41, 5.74) is 1.35. The van der Waals surface area contributed by atoms with Crippen LogP contribution in [0.1, 0.15) is 15.9 Å². The first-order valence-corrected chi connectivity index (χ1v) is 7.41. The van der Waals surface area contributed by atoms with Crippen molar-refractivity contribution in [3.8, 4) is 11.5 Å². The Morgan fingerprint density at radius 2 is 1.81 bits per heavy atom. The maximum atomic E-state index is 12.4. The van der Waals surface area contributed by atoms with Crippen molar-refractivity contribution in [1.29, 1.82) is 0 Å². The van der Waals surface area contributed by atoms with Crippen LogP contribution >= 0.6 is 27.5 Å². The van der Waals surface area contributed by atoms with Crippen molar-refractivity contribution in [3.05, 3.63) is 57.0 Å². The van der Waals surface area contributed by atoms with Crippen LogP contribution in [-0.4, -0.2) is 20.0 Å². The lowest BCUT2D eigenvalue weighted by Gasteiger charge is -2.09. The Morgan fingerprint density at radius 3 is 2.43 bits per heavy atom. The Labute approximate surface area is 137 Å². The zero-order valence-electron chi connectivity index (χ0n) is 11.7. The molecule has 2 aromatic carbocycles. The molecule has 0 heterocycles. The van der Waals surface area contributed by atoms with Gasteiger partial charge in [0, 0.05) is 21.5 Å². The van der Waals surface area contributed by atoms with Crippen molar-refractivity contribution < 1.29 is 14.3 Å². The Morgan fingerprint density at radius 1 is 1.10 bits per heavy atom. The Balaban J connectivity index is 2.24. The lowest BCUT2D eigenvalue weighted by Crippen LogP contribution is -2.05. The fraction of sp³-hybridized carbons (Fsp3) is 0.188. The van der Waals surface area contributed by atoms with E-state index in [1.807, 2.05) is 12.1 Å². The monoisotopic (exact) mass is 368 g/mol. The molecule has 0 radical (unpaired) electrons. The fourth-order valence-electron chi connectivity index (χ4n) is 1.95. The summed E-state index contributed by atoms with van der Waals surface area (Å²) in [6.45, 7) is 0. The number of rotatable bonds is 5. The van der Waals surface area contributed by atoms with Crippen molar-refractivity contribution in [2.45, 2.75) is 6.42 Å². The van der Waals surface area contributed by atoms with Crippen molar-refractivity contribution >= 4 is 33.3 Å². The maximum absolute atomic E-state index is 12.4. The zero-order chi connectivity index (χ0) is 15.4. The van der Waals surface area contributed by atoms with Crippen LogP contribution in [0.3, 0.4) is 0 Å². The highest BCUT2D eigenvalue weighted by Gasteiger charge is 2.13. The van der Waals surface area contributed by atoms with Crippen LogP contribution in [0.2, 0.25) is 5.02 Å². The van der Waals surface area contributed by atoms with Gasteiger partial charge >= 0.3 is 0 Å². The third-order valence-electron chi connectivity index (χ3n) is 3.07. The van der Waals surface area contributed by atoms with Gasteiger partial charge in [-0.15, -0.1) is 0 Å². The average molecular weight is 370 g/mol. The molecule has 0 aliphatic rings. The predicted molar refractivity (Wildman–Crippen MR) is 86.7 cm³/mol. The van der Waals surface area contributed by atoms with E-state index in [2.05, 4.69) is 15.9 Å². The van der Waals surface area contributed by atoms with E-state index >= 15 is 0 Å². The summed E-state index contributed by atoms with van der Waals surface area (Å²) in [4.78, 5) is 12.4. The van der Waals surface area contributed by atoms with Crippen LogP contribution in [0.4, 0.5) is 0 Å². The number of benzene rings is 2. The molecule has 0 saturated carbocycles. The van der Waals surface area contributed by atoms with Gasteiger partial charge in [0.05, 0.1) is 14.2 Å². The maximum Gasteiger partial charge on any atom is 0.167 e. The van der Waals surface area contributed by atoms with Gasteiger partial charge in [-0.3, -0.25) is 4.79 Å². The summed E-state index contributed by atoms with van der Waals surface area (Å²) in [5, 5.41) is 0.568. The van der Waals surface area contributed by atoms with Gasteiger partial charge in [-0.25, -0.2) is 0 Å². The molecule has 0 aliphatic heterocycles. The number of carbonyl (C=O) groups excluding carboxylic acids is 1. The highest BCUT2D eigenvalue weighted by atomic mass is 79.9. The third-order valence-corrected chi connectivity index (χ3v) is 3.92. The summed E-state index contributed by atoms with van der Waals surface area (Å²) < 4.78 is 11.3. The minimum atomic E-state index is -0.0276. The lowest BCUT2D eigenvalue weighted by atomic mass is 10.0. The van der Waals surface area contributed by atoms with Crippen molar-refractivity contribution in [2.75, 3.05) is 14.2 Å². The molecule has 0 spiro atoms. The van der Waals surface area contributed by atoms with Crippen molar-refractivity contribution in [3.63, 3.8) is 0 Å². The minimum Gasteiger partial charge on any atom is -0.493 e. The van der Waals surface area contributed by atoms with Crippen molar-refractivity contribution in [2.24, 2.45) is 0 Å². The van der Waals surface area contributed by atoms with Gasteiger partial charge in [0.1, 0.15) is 0 Å². The number of Topliss-reactive ketones (excluding diaryl/α,β-unsaturated/α-hetero) is 1. The molecule has 0 aliphatic carbocycles. The van der Waals surface area contributed by atoms with E-state index < -0.39 is 0 Å². The number of carbonyl (C=O) groups is 1. The van der Waals surface area contributed by atoms with Gasteiger partial charge in [-0.05, 0) is 35.9 Å². The summed E-state index contributed by atoms with van der Waals surface area (Å²) in [5.74, 6) is 1.10. The number of hydrogen-bond donors (Lipinski definition) is 0. The molecule has 0 bridgehead atoms. The normalized spacial score (nSPS) is 10.3. The summed E-state index contributed by atoms with van der Waals surface area (Å²) in [6.07, 6.45) is 0.238. The molecule has 0 atom stereocenters. The van der Waals surface area contributed by atoms with E-state index in [-0.39, 0.29) is 12.2 Å². The molecule has 0 N–H and O–H groups in total. The molecule has 5 heteroatoms. The molecule has 0 aromatic heterocycles. The van der Waals surface area contributed by atoms with Gasteiger partial charge in [0.15, 0.2) is 17.3 Å². The molecule has 3 nitrogen and oxygen atoms in total. The minimum absolute atomic E-state index is 0.0276. The first-order valence-electron chi connectivity index (χ1n) is 6.24. The molecule has 0 fully saturated rings. The SMILES string of the molecule is COc1ccc(C(=O)Cc2ccc(Br)cc2Cl)cc1OC. The van der Waals surface area contributed by atoms with E-state index in [1.54, 1.807) is 31.4 Å². The predicted octanol–water partition coefficient (Wildman–Crippen LogP) is 4.55. The average Bonchev–Trinajstić information content (AvgIpc) is 2.49. The van der Waals surface area contributed by atoms with E-state index in [1.165, 1.54) is 7.11 Å². The number of ether oxygens (including phenoxy) is 2. The Kier molecular flexibility index (Phi) is 5.26. The summed E-state index contributed by atoms with van der Waals surface area (Å²) in [6, 6.07) is 10.6. The first kappa shape index (κ1) is 15.9. The smallest absolute Gasteiger partial charge is 0.167 e. The van der Waals surface area contributed by atoms with E-state index in [9.17, 15) is 4.79 Å². The molecule has 2 aromatic rings. The van der Waals surface area contributed by atoms with Crippen molar-refractivity contribution in [1.82, 2.24) is 0 Å². The second-order valence-corrected chi connectivity index (χ2v) is 5.73. The van der Waals surface area contributed by atoms with E-state index in [0.717, 1.165) is 10.0 Å². The third kappa shape index (κ3) is 3.77. The quantitative estimate of drug-likeness (QED) is 0.726. The standard InChI is InChI=1S/C16H14BrClO3/c1-20-15-6-4-11(8-16(15)21-2)14(19)7-10-3-5-12(17)9-13(10)18/h3-6,8-9H,7H2,1-2H3. The summed E-state index contributed by atoms with van der Waals surface area (Å²) >= 11 is 9.48. The molecule has 110 valence electrons. The molecule has 0 unspecified atom stereocenters. The number of methoxy groups -OCH3 is 2. The van der Waals surface area contributed by atoms with Gasteiger partial charge in [-0.1, -0.05) is 33.6 Å². The van der Waals surface area contributed by atoms with Gasteiger partial charge in [0.25, 0.3) is 0 Å². The van der Waals surface area contributed by atoms with Crippen LogP contribution in [0.25, 0.3) is 0 Å². The highest BCUT2D eigenvalue weighted by molar-refractivity contribution is 9.10. The van der Waals surface area contributed by atoms with E-state index in [0.29, 0.717) is 22.1 Å². The lowest BCUT2D eigenvalue weighted by molar-refractivity contribution is 0.0992. The zero-order valence-corrected chi connectivity index (χ0v) is 14.0.